The lowest BCUT2D eigenvalue weighted by Crippen LogP contribution is -2.17. The molecule has 1 saturated heterocycles. The van der Waals surface area contributed by atoms with Crippen molar-refractivity contribution in [1.82, 2.24) is 0 Å². The monoisotopic (exact) mass is 334 g/mol. The molecule has 1 fully saturated rings. The highest BCUT2D eigenvalue weighted by atomic mass is 79.9. The molecule has 15 heavy (non-hydrogen) atoms. The van der Waals surface area contributed by atoms with Crippen LogP contribution in [0.5, 0.6) is 5.75 Å². The molecule has 0 aromatic heterocycles. The summed E-state index contributed by atoms with van der Waals surface area (Å²) in [4.78, 5) is 0. The molecule has 0 spiro atoms. The molecular weight excluding hydrogens is 324 g/mol. The quantitative estimate of drug-likeness (QED) is 0.786. The minimum atomic E-state index is -0.0705. The van der Waals surface area contributed by atoms with Gasteiger partial charge in [0.05, 0.1) is 11.1 Å². The van der Waals surface area contributed by atoms with Crippen LogP contribution in [-0.4, -0.2) is 18.8 Å². The number of hydrogen-bond donors (Lipinski definition) is 0. The lowest BCUT2D eigenvalue weighted by molar-refractivity contribution is 0.201. The van der Waals surface area contributed by atoms with E-state index in [0.29, 0.717) is 6.61 Å². The fraction of sp³-hybridized carbons (Fsp3) is 0.455. The second-order valence-electron chi connectivity index (χ2n) is 4.06. The molecular formula is C11H12Br2O2. The van der Waals surface area contributed by atoms with Crippen LogP contribution >= 0.6 is 31.9 Å². The normalized spacial score (nSPS) is 24.0. The van der Waals surface area contributed by atoms with Gasteiger partial charge in [-0.2, -0.15) is 0 Å². The molecule has 0 saturated carbocycles. The summed E-state index contributed by atoms with van der Waals surface area (Å²) >= 11 is 6.93. The minimum absolute atomic E-state index is 0.0705. The van der Waals surface area contributed by atoms with Crippen molar-refractivity contribution >= 4 is 31.9 Å². The molecule has 82 valence electrons. The maximum Gasteiger partial charge on any atom is 0.136 e. The Kier molecular flexibility index (Phi) is 3.10. The van der Waals surface area contributed by atoms with Crippen molar-refractivity contribution in [2.24, 2.45) is 0 Å². The van der Waals surface area contributed by atoms with E-state index in [1.54, 1.807) is 0 Å². The summed E-state index contributed by atoms with van der Waals surface area (Å²) in [7, 11) is 0. The Bertz CT molecular complexity index is 363. The fourth-order valence-corrected chi connectivity index (χ4v) is 2.86. The zero-order valence-corrected chi connectivity index (χ0v) is 11.8. The molecule has 2 rings (SSSR count). The molecule has 1 aliphatic rings. The van der Waals surface area contributed by atoms with E-state index in [-0.39, 0.29) is 5.60 Å². The SMILES string of the molecule is Cc1cc(Br)cc(Br)c1OCC1(C)CO1. The van der Waals surface area contributed by atoms with Gasteiger partial charge in [0.2, 0.25) is 0 Å². The Balaban J connectivity index is 2.13. The van der Waals surface area contributed by atoms with Gasteiger partial charge in [-0.3, -0.25) is 0 Å². The van der Waals surface area contributed by atoms with Crippen LogP contribution in [-0.2, 0) is 4.74 Å². The Morgan fingerprint density at radius 2 is 2.13 bits per heavy atom. The van der Waals surface area contributed by atoms with Gasteiger partial charge < -0.3 is 9.47 Å². The molecule has 1 unspecified atom stereocenters. The number of epoxide rings is 1. The summed E-state index contributed by atoms with van der Waals surface area (Å²) < 4.78 is 13.0. The van der Waals surface area contributed by atoms with Gasteiger partial charge in [0, 0.05) is 4.47 Å². The topological polar surface area (TPSA) is 21.8 Å². The van der Waals surface area contributed by atoms with E-state index in [9.17, 15) is 0 Å². The fourth-order valence-electron chi connectivity index (χ4n) is 1.30. The zero-order chi connectivity index (χ0) is 11.1. The number of rotatable bonds is 3. The summed E-state index contributed by atoms with van der Waals surface area (Å²) in [6.45, 7) is 5.48. The van der Waals surface area contributed by atoms with Crippen LogP contribution in [0.4, 0.5) is 0 Å². The van der Waals surface area contributed by atoms with E-state index in [1.165, 1.54) is 0 Å². The molecule has 1 aromatic rings. The number of halogens is 2. The van der Waals surface area contributed by atoms with Crippen LogP contribution in [0.2, 0.25) is 0 Å². The molecule has 4 heteroatoms. The van der Waals surface area contributed by atoms with Crippen molar-refractivity contribution in [3.63, 3.8) is 0 Å². The average Bonchev–Trinajstić information content (AvgIpc) is 2.82. The minimum Gasteiger partial charge on any atom is -0.489 e. The molecule has 0 aliphatic carbocycles. The molecule has 1 heterocycles. The standard InChI is InChI=1S/C11H12Br2O2/c1-7-3-8(12)4-9(13)10(7)14-5-11(2)6-15-11/h3-4H,5-6H2,1-2H3. The summed E-state index contributed by atoms with van der Waals surface area (Å²) in [6, 6.07) is 4.02. The van der Waals surface area contributed by atoms with Gasteiger partial charge in [0.15, 0.2) is 0 Å². The predicted octanol–water partition coefficient (Wildman–Crippen LogP) is 3.69. The van der Waals surface area contributed by atoms with Crippen LogP contribution in [0.1, 0.15) is 12.5 Å². The van der Waals surface area contributed by atoms with Gasteiger partial charge in [0.25, 0.3) is 0 Å². The number of hydrogen-bond acceptors (Lipinski definition) is 2. The van der Waals surface area contributed by atoms with Crippen molar-refractivity contribution in [2.45, 2.75) is 19.4 Å². The van der Waals surface area contributed by atoms with E-state index in [0.717, 1.165) is 26.9 Å². The third-order valence-corrected chi connectivity index (χ3v) is 3.40. The molecule has 1 aromatic carbocycles. The second-order valence-corrected chi connectivity index (χ2v) is 5.83. The summed E-state index contributed by atoms with van der Waals surface area (Å²) in [5.41, 5.74) is 1.04. The van der Waals surface area contributed by atoms with E-state index in [1.807, 2.05) is 19.1 Å². The predicted molar refractivity (Wildman–Crippen MR) is 66.4 cm³/mol. The molecule has 0 amide bonds. The number of ether oxygens (including phenoxy) is 2. The van der Waals surface area contributed by atoms with Crippen molar-refractivity contribution in [3.05, 3.63) is 26.6 Å². The van der Waals surface area contributed by atoms with Crippen LogP contribution in [0.3, 0.4) is 0 Å². The largest absolute Gasteiger partial charge is 0.489 e. The van der Waals surface area contributed by atoms with Crippen LogP contribution in [0.25, 0.3) is 0 Å². The van der Waals surface area contributed by atoms with Gasteiger partial charge in [-0.1, -0.05) is 15.9 Å². The summed E-state index contributed by atoms with van der Waals surface area (Å²) in [5, 5.41) is 0. The van der Waals surface area contributed by atoms with Crippen molar-refractivity contribution in [2.75, 3.05) is 13.2 Å². The van der Waals surface area contributed by atoms with Crippen LogP contribution < -0.4 is 4.74 Å². The molecule has 0 bridgehead atoms. The van der Waals surface area contributed by atoms with E-state index >= 15 is 0 Å². The van der Waals surface area contributed by atoms with Crippen LogP contribution in [0, 0.1) is 6.92 Å². The summed E-state index contributed by atoms with van der Waals surface area (Å²) in [5.74, 6) is 0.898. The molecule has 0 radical (unpaired) electrons. The van der Waals surface area contributed by atoms with Crippen molar-refractivity contribution < 1.29 is 9.47 Å². The first-order chi connectivity index (χ1) is 7.00. The third kappa shape index (κ3) is 2.74. The summed E-state index contributed by atoms with van der Waals surface area (Å²) in [6.07, 6.45) is 0. The van der Waals surface area contributed by atoms with Gasteiger partial charge >= 0.3 is 0 Å². The van der Waals surface area contributed by atoms with E-state index in [4.69, 9.17) is 9.47 Å². The molecule has 1 atom stereocenters. The average molecular weight is 336 g/mol. The van der Waals surface area contributed by atoms with E-state index in [2.05, 4.69) is 38.8 Å². The molecule has 0 N–H and O–H groups in total. The Morgan fingerprint density at radius 3 is 2.67 bits per heavy atom. The van der Waals surface area contributed by atoms with Crippen molar-refractivity contribution in [1.29, 1.82) is 0 Å². The first kappa shape index (κ1) is 11.4. The van der Waals surface area contributed by atoms with Gasteiger partial charge in [0.1, 0.15) is 18.0 Å². The number of benzene rings is 1. The lowest BCUT2D eigenvalue weighted by Gasteiger charge is -2.13. The van der Waals surface area contributed by atoms with Crippen LogP contribution in [0.15, 0.2) is 21.1 Å². The highest BCUT2D eigenvalue weighted by molar-refractivity contribution is 9.11. The highest BCUT2D eigenvalue weighted by Gasteiger charge is 2.40. The van der Waals surface area contributed by atoms with Gasteiger partial charge in [-0.05, 0) is 47.5 Å². The highest BCUT2D eigenvalue weighted by Crippen LogP contribution is 2.34. The Morgan fingerprint density at radius 1 is 1.47 bits per heavy atom. The van der Waals surface area contributed by atoms with Gasteiger partial charge in [-0.25, -0.2) is 0 Å². The van der Waals surface area contributed by atoms with Crippen molar-refractivity contribution in [3.8, 4) is 5.75 Å². The lowest BCUT2D eigenvalue weighted by atomic mass is 10.2. The maximum absolute atomic E-state index is 5.76. The smallest absolute Gasteiger partial charge is 0.136 e. The maximum atomic E-state index is 5.76. The number of aryl methyl sites for hydroxylation is 1. The third-order valence-electron chi connectivity index (χ3n) is 2.35. The Hall–Kier alpha value is -0.0600. The van der Waals surface area contributed by atoms with Gasteiger partial charge in [-0.15, -0.1) is 0 Å². The van der Waals surface area contributed by atoms with E-state index < -0.39 is 0 Å². The zero-order valence-electron chi connectivity index (χ0n) is 8.64. The first-order valence-electron chi connectivity index (χ1n) is 4.73. The Labute approximate surface area is 106 Å². The first-order valence-corrected chi connectivity index (χ1v) is 6.31. The molecule has 2 nitrogen and oxygen atoms in total. The second kappa shape index (κ2) is 4.07. The molecule has 1 aliphatic heterocycles.